The number of amides is 1. The summed E-state index contributed by atoms with van der Waals surface area (Å²) in [6.07, 6.45) is 4.48. The Morgan fingerprint density at radius 1 is 1.29 bits per heavy atom. The number of carboxylic acid groups (broad SMARTS) is 1. The molecule has 8 nitrogen and oxygen atoms in total. The number of fused-ring (bicyclic) bond motifs is 1. The Kier molecular flexibility index (Phi) is 4.84. The molecule has 3 unspecified atom stereocenters. The van der Waals surface area contributed by atoms with Gasteiger partial charge in [-0.1, -0.05) is 19.8 Å². The zero-order valence-corrected chi connectivity index (χ0v) is 14.1. The van der Waals surface area contributed by atoms with Crippen molar-refractivity contribution in [1.82, 2.24) is 19.7 Å². The number of carboxylic acids is 1. The molecule has 2 aliphatic rings. The van der Waals surface area contributed by atoms with Crippen LogP contribution in [-0.4, -0.2) is 55.4 Å². The highest BCUT2D eigenvalue weighted by molar-refractivity contribution is 5.84. The highest BCUT2D eigenvalue weighted by Crippen LogP contribution is 2.26. The Hall–Kier alpha value is -1.96. The minimum atomic E-state index is -1.02. The van der Waals surface area contributed by atoms with Crippen molar-refractivity contribution in [2.45, 2.75) is 64.8 Å². The van der Waals surface area contributed by atoms with Gasteiger partial charge in [0.1, 0.15) is 18.5 Å². The lowest BCUT2D eigenvalue weighted by Gasteiger charge is -2.34. The summed E-state index contributed by atoms with van der Waals surface area (Å²) in [6, 6.07) is -0.910. The first-order valence-electron chi connectivity index (χ1n) is 8.50. The number of aromatic nitrogens is 3. The SMILES string of the molecule is Cc1nnc2n1CC(C(=O)O)N(C(=O)COC1CCCCC1C)C2. The summed E-state index contributed by atoms with van der Waals surface area (Å²) in [7, 11) is 0. The third-order valence-corrected chi connectivity index (χ3v) is 5.11. The topological polar surface area (TPSA) is 97.5 Å². The van der Waals surface area contributed by atoms with Crippen LogP contribution in [-0.2, 0) is 27.4 Å². The van der Waals surface area contributed by atoms with Crippen LogP contribution in [0.15, 0.2) is 0 Å². The van der Waals surface area contributed by atoms with Crippen LogP contribution < -0.4 is 0 Å². The Morgan fingerprint density at radius 2 is 2.04 bits per heavy atom. The number of aryl methyl sites for hydroxylation is 1. The molecule has 1 amide bonds. The van der Waals surface area contributed by atoms with E-state index in [0.717, 1.165) is 19.3 Å². The lowest BCUT2D eigenvalue weighted by Crippen LogP contribution is -2.52. The van der Waals surface area contributed by atoms with Crippen molar-refractivity contribution in [1.29, 1.82) is 0 Å². The molecule has 1 aliphatic heterocycles. The third kappa shape index (κ3) is 3.28. The van der Waals surface area contributed by atoms with Crippen molar-refractivity contribution in [3.63, 3.8) is 0 Å². The monoisotopic (exact) mass is 336 g/mol. The summed E-state index contributed by atoms with van der Waals surface area (Å²) in [5, 5.41) is 17.5. The van der Waals surface area contributed by atoms with Crippen molar-refractivity contribution in [2.24, 2.45) is 5.92 Å². The smallest absolute Gasteiger partial charge is 0.328 e. The molecule has 1 aliphatic carbocycles. The number of carbonyl (C=O) groups is 2. The van der Waals surface area contributed by atoms with E-state index < -0.39 is 12.0 Å². The van der Waals surface area contributed by atoms with Gasteiger partial charge in [-0.05, 0) is 25.7 Å². The van der Waals surface area contributed by atoms with Crippen LogP contribution in [0.3, 0.4) is 0 Å². The molecular formula is C16H24N4O4. The van der Waals surface area contributed by atoms with E-state index in [9.17, 15) is 14.7 Å². The maximum Gasteiger partial charge on any atom is 0.328 e. The largest absolute Gasteiger partial charge is 0.480 e. The van der Waals surface area contributed by atoms with Crippen LogP contribution >= 0.6 is 0 Å². The second-order valence-electron chi connectivity index (χ2n) is 6.76. The van der Waals surface area contributed by atoms with Gasteiger partial charge >= 0.3 is 5.97 Å². The fraction of sp³-hybridized carbons (Fsp3) is 0.750. The highest BCUT2D eigenvalue weighted by Gasteiger charge is 2.36. The van der Waals surface area contributed by atoms with Crippen LogP contribution in [0.1, 0.15) is 44.3 Å². The second kappa shape index (κ2) is 6.88. The first kappa shape index (κ1) is 16.9. The number of hydrogen-bond acceptors (Lipinski definition) is 5. The molecule has 1 aromatic heterocycles. The molecule has 3 rings (SSSR count). The summed E-state index contributed by atoms with van der Waals surface area (Å²) in [5.41, 5.74) is 0. The summed E-state index contributed by atoms with van der Waals surface area (Å²) in [4.78, 5) is 25.5. The summed E-state index contributed by atoms with van der Waals surface area (Å²) in [6.45, 7) is 4.17. The summed E-state index contributed by atoms with van der Waals surface area (Å²) < 4.78 is 7.56. The van der Waals surface area contributed by atoms with Gasteiger partial charge in [-0.15, -0.1) is 10.2 Å². The molecule has 0 saturated heterocycles. The Balaban J connectivity index is 1.67. The van der Waals surface area contributed by atoms with E-state index in [4.69, 9.17) is 4.74 Å². The number of ether oxygens (including phenoxy) is 1. The Labute approximate surface area is 140 Å². The van der Waals surface area contributed by atoms with Gasteiger partial charge in [-0.2, -0.15) is 0 Å². The van der Waals surface area contributed by atoms with Crippen LogP contribution in [0.2, 0.25) is 0 Å². The average molecular weight is 336 g/mol. The van der Waals surface area contributed by atoms with Crippen molar-refractivity contribution in [3.8, 4) is 0 Å². The second-order valence-corrected chi connectivity index (χ2v) is 6.76. The predicted octanol–water partition coefficient (Wildman–Crippen LogP) is 0.977. The average Bonchev–Trinajstić information content (AvgIpc) is 2.93. The standard InChI is InChI=1S/C16H24N4O4/c1-10-5-3-4-6-13(10)24-9-15(21)20-8-14-18-17-11(2)19(14)7-12(20)16(22)23/h10,12-13H,3-9H2,1-2H3,(H,22,23). The Morgan fingerprint density at radius 3 is 2.75 bits per heavy atom. The number of carbonyl (C=O) groups excluding carboxylic acids is 1. The first-order valence-corrected chi connectivity index (χ1v) is 8.50. The number of nitrogens with zero attached hydrogens (tertiary/aromatic N) is 4. The molecule has 8 heteroatoms. The third-order valence-electron chi connectivity index (χ3n) is 5.11. The van der Waals surface area contributed by atoms with Crippen LogP contribution in [0.25, 0.3) is 0 Å². The molecule has 1 fully saturated rings. The van der Waals surface area contributed by atoms with E-state index in [-0.39, 0.29) is 31.7 Å². The van der Waals surface area contributed by atoms with E-state index >= 15 is 0 Å². The predicted molar refractivity (Wildman–Crippen MR) is 84.1 cm³/mol. The van der Waals surface area contributed by atoms with Crippen LogP contribution in [0, 0.1) is 12.8 Å². The molecule has 24 heavy (non-hydrogen) atoms. The van der Waals surface area contributed by atoms with E-state index in [1.165, 1.54) is 11.3 Å². The molecule has 1 N–H and O–H groups in total. The van der Waals surface area contributed by atoms with Gasteiger partial charge in [0.2, 0.25) is 5.91 Å². The van der Waals surface area contributed by atoms with Gasteiger partial charge in [-0.3, -0.25) is 4.79 Å². The normalized spacial score (nSPS) is 26.9. The van der Waals surface area contributed by atoms with Gasteiger partial charge in [0.05, 0.1) is 19.2 Å². The van der Waals surface area contributed by atoms with Gasteiger partial charge in [-0.25, -0.2) is 4.79 Å². The van der Waals surface area contributed by atoms with Gasteiger partial charge in [0.25, 0.3) is 0 Å². The van der Waals surface area contributed by atoms with Crippen molar-refractivity contribution in [3.05, 3.63) is 11.6 Å². The number of aliphatic carboxylic acids is 1. The van der Waals surface area contributed by atoms with Crippen LogP contribution in [0.5, 0.6) is 0 Å². The lowest BCUT2D eigenvalue weighted by molar-refractivity contribution is -0.156. The molecule has 2 heterocycles. The van der Waals surface area contributed by atoms with E-state index in [1.54, 1.807) is 11.5 Å². The van der Waals surface area contributed by atoms with Crippen LogP contribution in [0.4, 0.5) is 0 Å². The molecule has 0 aromatic carbocycles. The summed E-state index contributed by atoms with van der Waals surface area (Å²) >= 11 is 0. The maximum absolute atomic E-state index is 12.6. The van der Waals surface area contributed by atoms with Crippen molar-refractivity contribution in [2.75, 3.05) is 6.61 Å². The molecule has 132 valence electrons. The molecule has 0 bridgehead atoms. The fourth-order valence-electron chi connectivity index (χ4n) is 3.58. The highest BCUT2D eigenvalue weighted by atomic mass is 16.5. The fourth-order valence-corrected chi connectivity index (χ4v) is 3.58. The zero-order valence-electron chi connectivity index (χ0n) is 14.1. The van der Waals surface area contributed by atoms with Gasteiger partial charge in [0.15, 0.2) is 5.82 Å². The molecular weight excluding hydrogens is 312 g/mol. The first-order chi connectivity index (χ1) is 11.5. The molecule has 0 radical (unpaired) electrons. The lowest BCUT2D eigenvalue weighted by atomic mass is 9.88. The quantitative estimate of drug-likeness (QED) is 0.880. The maximum atomic E-state index is 12.6. The van der Waals surface area contributed by atoms with Crippen molar-refractivity contribution < 1.29 is 19.4 Å². The molecule has 0 spiro atoms. The van der Waals surface area contributed by atoms with Gasteiger partial charge in [0, 0.05) is 0 Å². The number of rotatable bonds is 4. The van der Waals surface area contributed by atoms with E-state index in [0.29, 0.717) is 17.6 Å². The summed E-state index contributed by atoms with van der Waals surface area (Å²) in [5.74, 6) is 0.397. The van der Waals surface area contributed by atoms with E-state index in [1.807, 2.05) is 0 Å². The van der Waals surface area contributed by atoms with E-state index in [2.05, 4.69) is 17.1 Å². The zero-order chi connectivity index (χ0) is 17.3. The minimum absolute atomic E-state index is 0.0775. The Bertz CT molecular complexity index is 630. The molecule has 1 aromatic rings. The van der Waals surface area contributed by atoms with Crippen molar-refractivity contribution >= 4 is 11.9 Å². The molecule has 3 atom stereocenters. The van der Waals surface area contributed by atoms with Gasteiger partial charge < -0.3 is 19.3 Å². The molecule has 1 saturated carbocycles. The minimum Gasteiger partial charge on any atom is -0.480 e. The number of hydrogen-bond donors (Lipinski definition) is 1.